The van der Waals surface area contributed by atoms with E-state index in [0.29, 0.717) is 0 Å². The van der Waals surface area contributed by atoms with Crippen LogP contribution in [0.15, 0.2) is 54.6 Å². The van der Waals surface area contributed by atoms with Crippen LogP contribution >= 0.6 is 7.37 Å². The van der Waals surface area contributed by atoms with Crippen molar-refractivity contribution in [2.24, 2.45) is 0 Å². The van der Waals surface area contributed by atoms with Gasteiger partial charge in [0.05, 0.1) is 5.69 Å². The molecule has 0 aliphatic rings. The van der Waals surface area contributed by atoms with Crippen molar-refractivity contribution >= 4 is 24.3 Å². The van der Waals surface area contributed by atoms with Crippen molar-refractivity contribution < 1.29 is 19.4 Å². The lowest BCUT2D eigenvalue weighted by atomic mass is 10.2. The van der Waals surface area contributed by atoms with Crippen LogP contribution in [0.25, 0.3) is 0 Å². The monoisotopic (exact) mass is 305 g/mol. The van der Waals surface area contributed by atoms with E-state index in [1.165, 1.54) is 19.1 Å². The third kappa shape index (κ3) is 3.51. The molecule has 1 atom stereocenters. The Morgan fingerprint density at radius 1 is 1.10 bits per heavy atom. The number of para-hydroxylation sites is 2. The predicted molar refractivity (Wildman–Crippen MR) is 82.0 cm³/mol. The number of hydrogen-bond donors (Lipinski definition) is 2. The maximum absolute atomic E-state index is 12.5. The van der Waals surface area contributed by atoms with Crippen LogP contribution in [0.3, 0.4) is 0 Å². The zero-order valence-electron chi connectivity index (χ0n) is 11.5. The van der Waals surface area contributed by atoms with Crippen molar-refractivity contribution in [3.63, 3.8) is 0 Å². The molecule has 0 heterocycles. The predicted octanol–water partition coefficient (Wildman–Crippen LogP) is 2.30. The normalized spacial score (nSPS) is 13.4. The van der Waals surface area contributed by atoms with E-state index in [9.17, 15) is 19.4 Å². The Kier molecular flexibility index (Phi) is 4.46. The van der Waals surface area contributed by atoms with Crippen molar-refractivity contribution in [3.8, 4) is 5.75 Å². The fourth-order valence-electron chi connectivity index (χ4n) is 1.97. The summed E-state index contributed by atoms with van der Waals surface area (Å²) in [6, 6.07) is 14.4. The lowest BCUT2D eigenvalue weighted by Crippen LogP contribution is -2.31. The summed E-state index contributed by atoms with van der Waals surface area (Å²) < 4.78 is 12.5. The average Bonchev–Trinajstić information content (AvgIpc) is 2.46. The van der Waals surface area contributed by atoms with Crippen LogP contribution < -0.4 is 10.2 Å². The zero-order chi connectivity index (χ0) is 15.5. The molecule has 0 spiro atoms. The van der Waals surface area contributed by atoms with E-state index in [1.54, 1.807) is 42.5 Å². The number of amides is 1. The molecule has 6 heteroatoms. The fraction of sp³-hybridized carbons (Fsp3) is 0.133. The van der Waals surface area contributed by atoms with Crippen LogP contribution in [0, 0.1) is 0 Å². The summed E-state index contributed by atoms with van der Waals surface area (Å²) in [5.74, 6) is -0.525. The molecule has 2 N–H and O–H groups in total. The first-order valence-electron chi connectivity index (χ1n) is 6.35. The number of carbonyl (C=O) groups is 1. The molecular weight excluding hydrogens is 289 g/mol. The second-order valence-corrected chi connectivity index (χ2v) is 6.82. The number of phenols is 1. The third-order valence-corrected chi connectivity index (χ3v) is 4.82. The lowest BCUT2D eigenvalue weighted by Gasteiger charge is -2.24. The molecule has 0 saturated heterocycles. The van der Waals surface area contributed by atoms with Crippen molar-refractivity contribution in [1.82, 2.24) is 0 Å². The molecule has 0 aromatic heterocycles. The van der Waals surface area contributed by atoms with Crippen LogP contribution in [0.4, 0.5) is 5.69 Å². The standard InChI is InChI=1S/C15H16NO4P/c1-12(17)16(14-9-5-6-10-15(14)18)11-21(19,20)13-7-3-2-4-8-13/h2-10,18H,11H2,1H3,(H,19,20). The summed E-state index contributed by atoms with van der Waals surface area (Å²) in [5.41, 5.74) is 0.218. The van der Waals surface area contributed by atoms with Gasteiger partial charge in [-0.15, -0.1) is 0 Å². The van der Waals surface area contributed by atoms with E-state index in [1.807, 2.05) is 0 Å². The highest BCUT2D eigenvalue weighted by molar-refractivity contribution is 7.66. The first-order valence-corrected chi connectivity index (χ1v) is 8.20. The van der Waals surface area contributed by atoms with Crippen LogP contribution in [0.1, 0.15) is 6.92 Å². The number of aromatic hydroxyl groups is 1. The SMILES string of the molecule is CC(=O)N(CP(=O)(O)c1ccccc1)c1ccccc1O. The topological polar surface area (TPSA) is 77.8 Å². The van der Waals surface area contributed by atoms with E-state index in [-0.39, 0.29) is 23.0 Å². The highest BCUT2D eigenvalue weighted by Gasteiger charge is 2.28. The average molecular weight is 305 g/mol. The summed E-state index contributed by atoms with van der Waals surface area (Å²) in [6.07, 6.45) is -0.385. The highest BCUT2D eigenvalue weighted by Crippen LogP contribution is 2.42. The molecule has 2 rings (SSSR count). The van der Waals surface area contributed by atoms with Gasteiger partial charge < -0.3 is 10.00 Å². The number of nitrogens with zero attached hydrogens (tertiary/aromatic N) is 1. The summed E-state index contributed by atoms with van der Waals surface area (Å²) in [7, 11) is -3.75. The van der Waals surface area contributed by atoms with Gasteiger partial charge in [-0.25, -0.2) is 0 Å². The van der Waals surface area contributed by atoms with E-state index in [0.717, 1.165) is 4.90 Å². The number of benzene rings is 2. The van der Waals surface area contributed by atoms with Gasteiger partial charge >= 0.3 is 0 Å². The third-order valence-electron chi connectivity index (χ3n) is 3.05. The number of rotatable bonds is 4. The summed E-state index contributed by atoms with van der Waals surface area (Å²) in [5, 5.41) is 10.1. The van der Waals surface area contributed by atoms with Gasteiger partial charge in [-0.1, -0.05) is 30.3 Å². The molecule has 1 amide bonds. The van der Waals surface area contributed by atoms with Crippen molar-refractivity contribution in [2.75, 3.05) is 11.2 Å². The van der Waals surface area contributed by atoms with Crippen molar-refractivity contribution in [3.05, 3.63) is 54.6 Å². The van der Waals surface area contributed by atoms with Crippen LogP contribution in [0.5, 0.6) is 5.75 Å². The molecule has 0 fully saturated rings. The van der Waals surface area contributed by atoms with Crippen molar-refractivity contribution in [1.29, 1.82) is 0 Å². The Morgan fingerprint density at radius 3 is 2.24 bits per heavy atom. The quantitative estimate of drug-likeness (QED) is 0.850. The first kappa shape index (κ1) is 15.3. The van der Waals surface area contributed by atoms with Gasteiger partial charge in [-0.3, -0.25) is 14.3 Å². The Labute approximate surface area is 122 Å². The lowest BCUT2D eigenvalue weighted by molar-refractivity contribution is -0.116. The molecule has 0 radical (unpaired) electrons. The summed E-state index contributed by atoms with van der Waals surface area (Å²) in [4.78, 5) is 23.1. The Balaban J connectivity index is 2.36. The Hall–Kier alpha value is -2.10. The van der Waals surface area contributed by atoms with Crippen LogP contribution in [-0.2, 0) is 9.36 Å². The van der Waals surface area contributed by atoms with Gasteiger partial charge in [0.25, 0.3) is 0 Å². The van der Waals surface area contributed by atoms with E-state index in [2.05, 4.69) is 0 Å². The second kappa shape index (κ2) is 6.12. The molecule has 1 unspecified atom stereocenters. The highest BCUT2D eigenvalue weighted by atomic mass is 31.2. The van der Waals surface area contributed by atoms with Gasteiger partial charge in [0.1, 0.15) is 12.0 Å². The van der Waals surface area contributed by atoms with E-state index < -0.39 is 13.3 Å². The molecule has 21 heavy (non-hydrogen) atoms. The number of anilines is 1. The Morgan fingerprint density at radius 2 is 1.67 bits per heavy atom. The number of phenolic OH excluding ortho intramolecular Hbond substituents is 1. The molecule has 2 aromatic carbocycles. The van der Waals surface area contributed by atoms with Gasteiger partial charge in [0.15, 0.2) is 0 Å². The van der Waals surface area contributed by atoms with Gasteiger partial charge in [-0.05, 0) is 24.3 Å². The second-order valence-electron chi connectivity index (χ2n) is 4.61. The minimum atomic E-state index is -3.75. The molecule has 110 valence electrons. The minimum absolute atomic E-state index is 0.110. The van der Waals surface area contributed by atoms with Crippen LogP contribution in [-0.4, -0.2) is 22.2 Å². The maximum Gasteiger partial charge on any atom is 0.248 e. The molecule has 0 aliphatic heterocycles. The first-order chi connectivity index (χ1) is 9.92. The minimum Gasteiger partial charge on any atom is -0.506 e. The van der Waals surface area contributed by atoms with E-state index >= 15 is 0 Å². The van der Waals surface area contributed by atoms with Crippen molar-refractivity contribution in [2.45, 2.75) is 6.92 Å². The van der Waals surface area contributed by atoms with Gasteiger partial charge in [0.2, 0.25) is 13.3 Å². The number of hydrogen-bond acceptors (Lipinski definition) is 3. The molecular formula is C15H16NO4P. The maximum atomic E-state index is 12.5. The zero-order valence-corrected chi connectivity index (χ0v) is 12.4. The van der Waals surface area contributed by atoms with Gasteiger partial charge in [0, 0.05) is 12.2 Å². The van der Waals surface area contributed by atoms with Crippen LogP contribution in [0.2, 0.25) is 0 Å². The smallest absolute Gasteiger partial charge is 0.248 e. The van der Waals surface area contributed by atoms with Gasteiger partial charge in [-0.2, -0.15) is 0 Å². The molecule has 0 aliphatic carbocycles. The molecule has 2 aromatic rings. The number of carbonyl (C=O) groups excluding carboxylic acids is 1. The summed E-state index contributed by atoms with van der Waals surface area (Å²) >= 11 is 0. The Bertz CT molecular complexity index is 687. The van der Waals surface area contributed by atoms with E-state index in [4.69, 9.17) is 0 Å². The molecule has 5 nitrogen and oxygen atoms in total. The summed E-state index contributed by atoms with van der Waals surface area (Å²) in [6.45, 7) is 1.29. The molecule has 0 saturated carbocycles. The molecule has 0 bridgehead atoms. The largest absolute Gasteiger partial charge is 0.506 e. The fourth-order valence-corrected chi connectivity index (χ4v) is 3.51.